The number of anilines is 1. The normalized spacial score (nSPS) is 11.4. The van der Waals surface area contributed by atoms with Crippen molar-refractivity contribution in [3.63, 3.8) is 0 Å². The molecule has 0 aliphatic rings. The van der Waals surface area contributed by atoms with E-state index in [1.165, 1.54) is 12.1 Å². The first-order valence-electron chi connectivity index (χ1n) is 5.86. The van der Waals surface area contributed by atoms with Gasteiger partial charge in [0, 0.05) is 18.2 Å². The lowest BCUT2D eigenvalue weighted by Gasteiger charge is -2.08. The first kappa shape index (κ1) is 13.8. The second-order valence-electron chi connectivity index (χ2n) is 4.16. The maximum Gasteiger partial charge on any atom is 0.170 e. The third kappa shape index (κ3) is 3.23. The minimum Gasteiger partial charge on any atom is -0.409 e. The summed E-state index contributed by atoms with van der Waals surface area (Å²) < 4.78 is 26.2. The Morgan fingerprint density at radius 3 is 2.70 bits per heavy atom. The van der Waals surface area contributed by atoms with E-state index >= 15 is 0 Å². The fraction of sp³-hybridized carbons (Fsp3) is 0.0714. The van der Waals surface area contributed by atoms with Gasteiger partial charge < -0.3 is 16.3 Å². The zero-order valence-corrected chi connectivity index (χ0v) is 10.5. The highest BCUT2D eigenvalue weighted by molar-refractivity contribution is 5.97. The summed E-state index contributed by atoms with van der Waals surface area (Å²) in [6, 6.07) is 10.3. The van der Waals surface area contributed by atoms with Crippen LogP contribution in [0.25, 0.3) is 0 Å². The second-order valence-corrected chi connectivity index (χ2v) is 4.16. The standard InChI is InChI=1S/C14H13F2N3O/c15-11-4-5-13(12(16)7-11)18-8-9-2-1-3-10(6-9)14(17)19-20/h1-7,18,20H,8H2,(H2,17,19). The van der Waals surface area contributed by atoms with E-state index in [0.717, 1.165) is 11.6 Å². The van der Waals surface area contributed by atoms with Crippen LogP contribution >= 0.6 is 0 Å². The van der Waals surface area contributed by atoms with Crippen LogP contribution in [0.1, 0.15) is 11.1 Å². The van der Waals surface area contributed by atoms with Crippen molar-refractivity contribution in [1.82, 2.24) is 0 Å². The van der Waals surface area contributed by atoms with Crippen molar-refractivity contribution in [2.75, 3.05) is 5.32 Å². The lowest BCUT2D eigenvalue weighted by Crippen LogP contribution is -2.13. The summed E-state index contributed by atoms with van der Waals surface area (Å²) in [6.45, 7) is 0.328. The Morgan fingerprint density at radius 2 is 2.00 bits per heavy atom. The van der Waals surface area contributed by atoms with Crippen LogP contribution in [0.3, 0.4) is 0 Å². The highest BCUT2D eigenvalue weighted by Gasteiger charge is 2.04. The zero-order chi connectivity index (χ0) is 14.5. The molecule has 6 heteroatoms. The molecular formula is C14H13F2N3O. The van der Waals surface area contributed by atoms with Gasteiger partial charge in [-0.1, -0.05) is 23.4 Å². The lowest BCUT2D eigenvalue weighted by atomic mass is 10.1. The molecule has 0 heterocycles. The Balaban J connectivity index is 2.11. The Labute approximate surface area is 114 Å². The van der Waals surface area contributed by atoms with Gasteiger partial charge in [0.1, 0.15) is 11.6 Å². The summed E-state index contributed by atoms with van der Waals surface area (Å²) in [5.74, 6) is -1.28. The molecule has 4 nitrogen and oxygen atoms in total. The maximum absolute atomic E-state index is 13.4. The van der Waals surface area contributed by atoms with Gasteiger partial charge in [-0.05, 0) is 23.8 Å². The average molecular weight is 277 g/mol. The first-order valence-corrected chi connectivity index (χ1v) is 5.86. The van der Waals surface area contributed by atoms with Crippen molar-refractivity contribution < 1.29 is 14.0 Å². The molecule has 104 valence electrons. The van der Waals surface area contributed by atoms with Crippen LogP contribution in [0.5, 0.6) is 0 Å². The molecule has 0 fully saturated rings. The molecule has 0 aromatic heterocycles. The minimum atomic E-state index is -0.655. The zero-order valence-electron chi connectivity index (χ0n) is 10.5. The monoisotopic (exact) mass is 277 g/mol. The summed E-state index contributed by atoms with van der Waals surface area (Å²) in [6.07, 6.45) is 0. The van der Waals surface area contributed by atoms with E-state index in [4.69, 9.17) is 10.9 Å². The molecule has 0 saturated carbocycles. The number of nitrogens with two attached hydrogens (primary N) is 1. The van der Waals surface area contributed by atoms with Gasteiger partial charge in [0.2, 0.25) is 0 Å². The molecule has 0 aliphatic heterocycles. The molecular weight excluding hydrogens is 264 g/mol. The summed E-state index contributed by atoms with van der Waals surface area (Å²) in [7, 11) is 0. The Morgan fingerprint density at radius 1 is 1.20 bits per heavy atom. The molecule has 2 rings (SSSR count). The fourth-order valence-electron chi connectivity index (χ4n) is 1.73. The quantitative estimate of drug-likeness (QED) is 0.348. The van der Waals surface area contributed by atoms with Gasteiger partial charge in [0.15, 0.2) is 5.84 Å². The predicted molar refractivity (Wildman–Crippen MR) is 72.6 cm³/mol. The molecule has 0 saturated heterocycles. The molecule has 0 amide bonds. The third-order valence-corrected chi connectivity index (χ3v) is 2.74. The van der Waals surface area contributed by atoms with Gasteiger partial charge in [-0.15, -0.1) is 0 Å². The Kier molecular flexibility index (Phi) is 4.14. The molecule has 0 bridgehead atoms. The topological polar surface area (TPSA) is 70.6 Å². The molecule has 0 aliphatic carbocycles. The number of oxime groups is 1. The predicted octanol–water partition coefficient (Wildman–Crippen LogP) is 2.67. The van der Waals surface area contributed by atoms with Gasteiger partial charge in [-0.25, -0.2) is 8.78 Å². The van der Waals surface area contributed by atoms with E-state index in [0.29, 0.717) is 12.1 Å². The smallest absolute Gasteiger partial charge is 0.170 e. The van der Waals surface area contributed by atoms with E-state index < -0.39 is 11.6 Å². The van der Waals surface area contributed by atoms with E-state index in [-0.39, 0.29) is 11.5 Å². The van der Waals surface area contributed by atoms with E-state index in [1.54, 1.807) is 18.2 Å². The molecule has 2 aromatic rings. The van der Waals surface area contributed by atoms with E-state index in [1.807, 2.05) is 6.07 Å². The summed E-state index contributed by atoms with van der Waals surface area (Å²) in [5.41, 5.74) is 7.08. The van der Waals surface area contributed by atoms with Gasteiger partial charge >= 0.3 is 0 Å². The molecule has 0 unspecified atom stereocenters. The highest BCUT2D eigenvalue weighted by Crippen LogP contribution is 2.16. The molecule has 0 spiro atoms. The second kappa shape index (κ2) is 6.01. The van der Waals surface area contributed by atoms with Crippen LogP contribution < -0.4 is 11.1 Å². The fourth-order valence-corrected chi connectivity index (χ4v) is 1.73. The highest BCUT2D eigenvalue weighted by atomic mass is 19.1. The van der Waals surface area contributed by atoms with Crippen LogP contribution in [-0.2, 0) is 6.54 Å². The molecule has 2 aromatic carbocycles. The lowest BCUT2D eigenvalue weighted by molar-refractivity contribution is 0.318. The van der Waals surface area contributed by atoms with Gasteiger partial charge in [0.05, 0.1) is 5.69 Å². The number of hydrogen-bond donors (Lipinski definition) is 3. The first-order chi connectivity index (χ1) is 9.60. The van der Waals surface area contributed by atoms with Crippen molar-refractivity contribution in [2.24, 2.45) is 10.9 Å². The summed E-state index contributed by atoms with van der Waals surface area (Å²) in [4.78, 5) is 0. The van der Waals surface area contributed by atoms with E-state index in [2.05, 4.69) is 10.5 Å². The SMILES string of the molecule is NC(=NO)c1cccc(CNc2ccc(F)cc2F)c1. The van der Waals surface area contributed by atoms with Gasteiger partial charge in [-0.3, -0.25) is 0 Å². The van der Waals surface area contributed by atoms with Crippen LogP contribution in [0, 0.1) is 11.6 Å². The van der Waals surface area contributed by atoms with Gasteiger partial charge in [0.25, 0.3) is 0 Å². The van der Waals surface area contributed by atoms with Crippen molar-refractivity contribution in [1.29, 1.82) is 0 Å². The number of nitrogens with zero attached hydrogens (tertiary/aromatic N) is 1. The number of nitrogens with one attached hydrogen (secondary N) is 1. The molecule has 0 atom stereocenters. The van der Waals surface area contributed by atoms with Crippen molar-refractivity contribution in [3.8, 4) is 0 Å². The van der Waals surface area contributed by atoms with Crippen molar-refractivity contribution in [3.05, 3.63) is 65.2 Å². The van der Waals surface area contributed by atoms with Crippen molar-refractivity contribution in [2.45, 2.75) is 6.54 Å². The van der Waals surface area contributed by atoms with Crippen LogP contribution in [0.4, 0.5) is 14.5 Å². The van der Waals surface area contributed by atoms with Crippen LogP contribution in [0.2, 0.25) is 0 Å². The van der Waals surface area contributed by atoms with Gasteiger partial charge in [-0.2, -0.15) is 0 Å². The maximum atomic E-state index is 13.4. The summed E-state index contributed by atoms with van der Waals surface area (Å²) >= 11 is 0. The molecule has 20 heavy (non-hydrogen) atoms. The van der Waals surface area contributed by atoms with Crippen molar-refractivity contribution >= 4 is 11.5 Å². The van der Waals surface area contributed by atoms with Crippen LogP contribution in [0.15, 0.2) is 47.6 Å². The molecule has 4 N–H and O–H groups in total. The van der Waals surface area contributed by atoms with E-state index in [9.17, 15) is 8.78 Å². The number of amidine groups is 1. The third-order valence-electron chi connectivity index (χ3n) is 2.74. The Hall–Kier alpha value is -2.63. The Bertz CT molecular complexity index is 644. The number of benzene rings is 2. The largest absolute Gasteiger partial charge is 0.409 e. The number of rotatable bonds is 4. The summed E-state index contributed by atoms with van der Waals surface area (Å²) in [5, 5.41) is 14.4. The average Bonchev–Trinajstić information content (AvgIpc) is 2.46. The minimum absolute atomic E-state index is 0.000173. The number of hydrogen-bond acceptors (Lipinski definition) is 3. The molecule has 0 radical (unpaired) electrons. The van der Waals surface area contributed by atoms with Crippen LogP contribution in [-0.4, -0.2) is 11.0 Å². The number of halogens is 2.